The van der Waals surface area contributed by atoms with Crippen molar-refractivity contribution in [3.05, 3.63) is 27.5 Å². The second-order valence-corrected chi connectivity index (χ2v) is 3.52. The molecule has 0 aliphatic rings. The molecular weight excluding hydrogens is 301 g/mol. The van der Waals surface area contributed by atoms with Gasteiger partial charge in [-0.3, -0.25) is 4.79 Å². The van der Waals surface area contributed by atoms with E-state index in [-0.39, 0.29) is 6.29 Å². The summed E-state index contributed by atoms with van der Waals surface area (Å²) in [6.45, 7) is 0. The van der Waals surface area contributed by atoms with Crippen LogP contribution < -0.4 is 0 Å². The molecule has 1 aromatic heterocycles. The SMILES string of the molecule is O=Cc1c(C(F)(F)F)cc(Br)nc1C(F)F. The Morgan fingerprint density at radius 2 is 1.94 bits per heavy atom. The molecule has 0 aromatic carbocycles. The lowest BCUT2D eigenvalue weighted by atomic mass is 10.1. The third-order valence-electron chi connectivity index (χ3n) is 1.69. The predicted octanol–water partition coefficient (Wildman–Crippen LogP) is 3.61. The van der Waals surface area contributed by atoms with E-state index in [1.165, 1.54) is 0 Å². The van der Waals surface area contributed by atoms with Crippen LogP contribution in [0.15, 0.2) is 10.7 Å². The molecule has 0 aliphatic carbocycles. The van der Waals surface area contributed by atoms with Gasteiger partial charge < -0.3 is 0 Å². The summed E-state index contributed by atoms with van der Waals surface area (Å²) >= 11 is 2.58. The first-order chi connectivity index (χ1) is 7.27. The highest BCUT2D eigenvalue weighted by molar-refractivity contribution is 9.10. The van der Waals surface area contributed by atoms with Crippen LogP contribution >= 0.6 is 15.9 Å². The van der Waals surface area contributed by atoms with Crippen LogP contribution in [0.5, 0.6) is 0 Å². The first kappa shape index (κ1) is 13.0. The monoisotopic (exact) mass is 303 g/mol. The highest BCUT2D eigenvalue weighted by Gasteiger charge is 2.36. The minimum atomic E-state index is -4.88. The van der Waals surface area contributed by atoms with Crippen molar-refractivity contribution in [2.75, 3.05) is 0 Å². The fourth-order valence-electron chi connectivity index (χ4n) is 1.07. The predicted molar refractivity (Wildman–Crippen MR) is 47.3 cm³/mol. The third-order valence-corrected chi connectivity index (χ3v) is 2.09. The van der Waals surface area contributed by atoms with Crippen molar-refractivity contribution in [2.45, 2.75) is 12.6 Å². The van der Waals surface area contributed by atoms with Crippen molar-refractivity contribution in [3.8, 4) is 0 Å². The van der Waals surface area contributed by atoms with E-state index in [9.17, 15) is 26.7 Å². The number of aldehydes is 1. The van der Waals surface area contributed by atoms with Crippen molar-refractivity contribution in [1.82, 2.24) is 4.98 Å². The number of pyridine rings is 1. The van der Waals surface area contributed by atoms with E-state index < -0.39 is 34.0 Å². The Balaban J connectivity index is 3.55. The Morgan fingerprint density at radius 1 is 1.38 bits per heavy atom. The molecule has 0 saturated carbocycles. The Hall–Kier alpha value is -1.05. The molecule has 0 fully saturated rings. The first-order valence-electron chi connectivity index (χ1n) is 3.78. The summed E-state index contributed by atoms with van der Waals surface area (Å²) in [6, 6.07) is 0.482. The van der Waals surface area contributed by atoms with Crippen molar-refractivity contribution in [2.24, 2.45) is 0 Å². The van der Waals surface area contributed by atoms with Gasteiger partial charge in [-0.05, 0) is 22.0 Å². The lowest BCUT2D eigenvalue weighted by Gasteiger charge is -2.12. The second kappa shape index (κ2) is 4.44. The zero-order valence-electron chi connectivity index (χ0n) is 7.36. The second-order valence-electron chi connectivity index (χ2n) is 2.71. The summed E-state index contributed by atoms with van der Waals surface area (Å²) in [7, 11) is 0. The molecule has 0 amide bonds. The van der Waals surface area contributed by atoms with Crippen molar-refractivity contribution >= 4 is 22.2 Å². The van der Waals surface area contributed by atoms with Crippen molar-refractivity contribution in [3.63, 3.8) is 0 Å². The molecule has 0 atom stereocenters. The molecule has 0 saturated heterocycles. The molecule has 88 valence electrons. The molecule has 0 bridgehead atoms. The van der Waals surface area contributed by atoms with E-state index in [0.717, 1.165) is 0 Å². The summed E-state index contributed by atoms with van der Waals surface area (Å²) in [4.78, 5) is 13.6. The molecule has 0 unspecified atom stereocenters. The maximum atomic E-state index is 12.4. The quantitative estimate of drug-likeness (QED) is 0.474. The lowest BCUT2D eigenvalue weighted by molar-refractivity contribution is -0.138. The number of halogens is 6. The minimum Gasteiger partial charge on any atom is -0.298 e. The van der Waals surface area contributed by atoms with Crippen LogP contribution in [-0.4, -0.2) is 11.3 Å². The molecule has 0 N–H and O–H groups in total. The largest absolute Gasteiger partial charge is 0.417 e. The Kier molecular flexibility index (Phi) is 3.61. The van der Waals surface area contributed by atoms with Gasteiger partial charge in [0, 0.05) is 0 Å². The number of hydrogen-bond acceptors (Lipinski definition) is 2. The average molecular weight is 304 g/mol. The third kappa shape index (κ3) is 2.55. The van der Waals surface area contributed by atoms with Gasteiger partial charge in [0.2, 0.25) is 0 Å². The zero-order valence-corrected chi connectivity index (χ0v) is 8.94. The molecule has 1 rings (SSSR count). The van der Waals surface area contributed by atoms with E-state index in [2.05, 4.69) is 20.9 Å². The molecule has 2 nitrogen and oxygen atoms in total. The van der Waals surface area contributed by atoms with E-state index >= 15 is 0 Å². The van der Waals surface area contributed by atoms with Crippen LogP contribution in [0.4, 0.5) is 22.0 Å². The fraction of sp³-hybridized carbons (Fsp3) is 0.250. The normalized spacial score (nSPS) is 11.9. The molecule has 0 spiro atoms. The van der Waals surface area contributed by atoms with Crippen LogP contribution in [0.3, 0.4) is 0 Å². The molecule has 1 heterocycles. The Morgan fingerprint density at radius 3 is 2.31 bits per heavy atom. The number of alkyl halides is 5. The molecule has 0 radical (unpaired) electrons. The summed E-state index contributed by atoms with van der Waals surface area (Å²) in [5, 5.41) is 0. The Bertz CT molecular complexity index is 418. The number of carbonyl (C=O) groups is 1. The summed E-state index contributed by atoms with van der Waals surface area (Å²) < 4.78 is 61.5. The lowest BCUT2D eigenvalue weighted by Crippen LogP contribution is -2.13. The zero-order chi connectivity index (χ0) is 12.5. The van der Waals surface area contributed by atoms with E-state index in [4.69, 9.17) is 0 Å². The summed E-state index contributed by atoms with van der Waals surface area (Å²) in [5.41, 5.74) is -3.75. The number of nitrogens with zero attached hydrogens (tertiary/aromatic N) is 1. The smallest absolute Gasteiger partial charge is 0.298 e. The minimum absolute atomic E-state index is 0.274. The number of aromatic nitrogens is 1. The van der Waals surface area contributed by atoms with Crippen LogP contribution in [0.25, 0.3) is 0 Å². The van der Waals surface area contributed by atoms with Crippen molar-refractivity contribution < 1.29 is 26.7 Å². The fourth-order valence-corrected chi connectivity index (χ4v) is 1.49. The van der Waals surface area contributed by atoms with Gasteiger partial charge in [0.15, 0.2) is 6.29 Å². The van der Waals surface area contributed by atoms with Crippen LogP contribution in [0, 0.1) is 0 Å². The molecule has 1 aromatic rings. The molecule has 8 heteroatoms. The van der Waals surface area contributed by atoms with Gasteiger partial charge in [-0.15, -0.1) is 0 Å². The van der Waals surface area contributed by atoms with Gasteiger partial charge in [0.1, 0.15) is 10.3 Å². The van der Waals surface area contributed by atoms with Crippen LogP contribution in [0.1, 0.15) is 28.0 Å². The summed E-state index contributed by atoms with van der Waals surface area (Å²) in [5.74, 6) is 0. The van der Waals surface area contributed by atoms with Crippen molar-refractivity contribution in [1.29, 1.82) is 0 Å². The van der Waals surface area contributed by atoms with Gasteiger partial charge in [0.05, 0.1) is 11.1 Å². The maximum Gasteiger partial charge on any atom is 0.417 e. The Labute approximate surface area is 94.6 Å². The topological polar surface area (TPSA) is 30.0 Å². The molecule has 0 aliphatic heterocycles. The average Bonchev–Trinajstić information content (AvgIpc) is 2.14. The number of rotatable bonds is 2. The van der Waals surface area contributed by atoms with Crippen LogP contribution in [0.2, 0.25) is 0 Å². The number of hydrogen-bond donors (Lipinski definition) is 0. The van der Waals surface area contributed by atoms with Crippen LogP contribution in [-0.2, 0) is 6.18 Å². The summed E-state index contributed by atoms with van der Waals surface area (Å²) in [6.07, 6.45) is -8.41. The van der Waals surface area contributed by atoms with Gasteiger partial charge in [-0.2, -0.15) is 13.2 Å². The maximum absolute atomic E-state index is 12.4. The van der Waals surface area contributed by atoms with Gasteiger partial charge in [-0.25, -0.2) is 13.8 Å². The molecule has 16 heavy (non-hydrogen) atoms. The van der Waals surface area contributed by atoms with Gasteiger partial charge in [0.25, 0.3) is 6.43 Å². The van der Waals surface area contributed by atoms with E-state index in [1.54, 1.807) is 0 Å². The molecular formula is C8H3BrF5NO. The van der Waals surface area contributed by atoms with E-state index in [0.29, 0.717) is 6.07 Å². The van der Waals surface area contributed by atoms with Gasteiger partial charge >= 0.3 is 6.18 Å². The first-order valence-corrected chi connectivity index (χ1v) is 4.57. The standard InChI is InChI=1S/C8H3BrF5NO/c9-5-1-4(8(12,13)14)3(2-16)6(15-5)7(10)11/h1-2,7H. The highest BCUT2D eigenvalue weighted by atomic mass is 79.9. The number of carbonyl (C=O) groups excluding carboxylic acids is 1. The highest BCUT2D eigenvalue weighted by Crippen LogP contribution is 2.36. The van der Waals surface area contributed by atoms with E-state index in [1.807, 2.05) is 0 Å². The van der Waals surface area contributed by atoms with Gasteiger partial charge in [-0.1, -0.05) is 0 Å².